The van der Waals surface area contributed by atoms with Crippen LogP contribution in [0, 0.1) is 5.92 Å². The van der Waals surface area contributed by atoms with Crippen molar-refractivity contribution in [1.29, 1.82) is 0 Å². The Morgan fingerprint density at radius 1 is 1.50 bits per heavy atom. The number of carbonyl (C=O) groups excluding carboxylic acids is 1. The van der Waals surface area contributed by atoms with Crippen molar-refractivity contribution in [2.75, 3.05) is 26.2 Å². The van der Waals surface area contributed by atoms with E-state index in [-0.39, 0.29) is 17.9 Å². The molecule has 2 aliphatic rings. The van der Waals surface area contributed by atoms with Crippen LogP contribution < -0.4 is 0 Å². The molecule has 0 aromatic carbocycles. The minimum absolute atomic E-state index is 0.204. The van der Waals surface area contributed by atoms with E-state index < -0.39 is 0 Å². The number of rotatable bonds is 2. The summed E-state index contributed by atoms with van der Waals surface area (Å²) >= 11 is 1.80. The highest BCUT2D eigenvalue weighted by atomic mass is 32.1. The SMILES string of the molecule is CC1CN(CC(=O)N2CCc3sccc3C2)CCC1O. The lowest BCUT2D eigenvalue weighted by Gasteiger charge is -2.35. The van der Waals surface area contributed by atoms with Crippen molar-refractivity contribution in [3.8, 4) is 0 Å². The maximum Gasteiger partial charge on any atom is 0.237 e. The zero-order valence-electron chi connectivity index (χ0n) is 11.9. The van der Waals surface area contributed by atoms with Gasteiger partial charge in [-0.2, -0.15) is 0 Å². The summed E-state index contributed by atoms with van der Waals surface area (Å²) in [7, 11) is 0. The average Bonchev–Trinajstić information content (AvgIpc) is 2.90. The maximum absolute atomic E-state index is 12.4. The van der Waals surface area contributed by atoms with Crippen molar-refractivity contribution >= 4 is 17.2 Å². The topological polar surface area (TPSA) is 43.8 Å². The van der Waals surface area contributed by atoms with E-state index in [2.05, 4.69) is 23.3 Å². The van der Waals surface area contributed by atoms with Crippen LogP contribution in [-0.2, 0) is 17.8 Å². The van der Waals surface area contributed by atoms with Crippen LogP contribution in [0.5, 0.6) is 0 Å². The molecular formula is C15H22N2O2S. The molecule has 0 aliphatic carbocycles. The van der Waals surface area contributed by atoms with Gasteiger partial charge in [0.15, 0.2) is 0 Å². The van der Waals surface area contributed by atoms with Crippen molar-refractivity contribution in [2.24, 2.45) is 5.92 Å². The van der Waals surface area contributed by atoms with Crippen LogP contribution in [0.2, 0.25) is 0 Å². The number of likely N-dealkylation sites (tertiary alicyclic amines) is 1. The molecule has 3 rings (SSSR count). The number of amides is 1. The fraction of sp³-hybridized carbons (Fsp3) is 0.667. The number of fused-ring (bicyclic) bond motifs is 1. The summed E-state index contributed by atoms with van der Waals surface area (Å²) in [6.45, 7) is 5.82. The highest BCUT2D eigenvalue weighted by Crippen LogP contribution is 2.24. The van der Waals surface area contributed by atoms with E-state index in [1.165, 1.54) is 10.4 Å². The van der Waals surface area contributed by atoms with Crippen molar-refractivity contribution < 1.29 is 9.90 Å². The van der Waals surface area contributed by atoms with Gasteiger partial charge in [-0.25, -0.2) is 0 Å². The molecule has 0 radical (unpaired) electrons. The lowest BCUT2D eigenvalue weighted by Crippen LogP contribution is -2.48. The van der Waals surface area contributed by atoms with E-state index in [4.69, 9.17) is 0 Å². The predicted octanol–water partition coefficient (Wildman–Crippen LogP) is 1.34. The Hall–Kier alpha value is -0.910. The minimum Gasteiger partial charge on any atom is -0.393 e. The summed E-state index contributed by atoms with van der Waals surface area (Å²) in [5.41, 5.74) is 1.32. The summed E-state index contributed by atoms with van der Waals surface area (Å²) in [5.74, 6) is 0.492. The van der Waals surface area contributed by atoms with Crippen LogP contribution in [0.25, 0.3) is 0 Å². The van der Waals surface area contributed by atoms with Crippen molar-refractivity contribution in [1.82, 2.24) is 9.80 Å². The number of piperidine rings is 1. The van der Waals surface area contributed by atoms with Gasteiger partial charge in [-0.15, -0.1) is 11.3 Å². The third-order valence-electron chi connectivity index (χ3n) is 4.46. The molecule has 1 aromatic rings. The van der Waals surface area contributed by atoms with Crippen molar-refractivity contribution in [3.05, 3.63) is 21.9 Å². The van der Waals surface area contributed by atoms with Gasteiger partial charge in [0.1, 0.15) is 0 Å². The first-order valence-corrected chi connectivity index (χ1v) is 8.25. The molecule has 2 atom stereocenters. The Morgan fingerprint density at radius 2 is 2.35 bits per heavy atom. The summed E-state index contributed by atoms with van der Waals surface area (Å²) in [6.07, 6.45) is 1.57. The van der Waals surface area contributed by atoms with E-state index in [0.717, 1.165) is 39.0 Å². The van der Waals surface area contributed by atoms with Crippen molar-refractivity contribution in [2.45, 2.75) is 32.4 Å². The molecule has 1 N–H and O–H groups in total. The first-order chi connectivity index (χ1) is 9.63. The van der Waals surface area contributed by atoms with E-state index in [9.17, 15) is 9.90 Å². The van der Waals surface area contributed by atoms with Gasteiger partial charge >= 0.3 is 0 Å². The van der Waals surface area contributed by atoms with Crippen molar-refractivity contribution in [3.63, 3.8) is 0 Å². The van der Waals surface area contributed by atoms with Crippen LogP contribution in [0.3, 0.4) is 0 Å². The van der Waals surface area contributed by atoms with E-state index >= 15 is 0 Å². The van der Waals surface area contributed by atoms with Gasteiger partial charge in [-0.1, -0.05) is 6.92 Å². The van der Waals surface area contributed by atoms with E-state index in [1.54, 1.807) is 11.3 Å². The molecule has 1 amide bonds. The summed E-state index contributed by atoms with van der Waals surface area (Å²) in [6, 6.07) is 2.14. The third kappa shape index (κ3) is 2.90. The molecule has 2 unspecified atom stereocenters. The van der Waals surface area contributed by atoms with Gasteiger partial charge < -0.3 is 10.0 Å². The quantitative estimate of drug-likeness (QED) is 0.895. The molecule has 1 aromatic heterocycles. The first-order valence-electron chi connectivity index (χ1n) is 7.37. The molecule has 2 aliphatic heterocycles. The Balaban J connectivity index is 1.55. The van der Waals surface area contributed by atoms with Gasteiger partial charge in [-0.05, 0) is 35.8 Å². The van der Waals surface area contributed by atoms with E-state index in [1.807, 2.05) is 4.90 Å². The zero-order valence-corrected chi connectivity index (χ0v) is 12.7. The fourth-order valence-electron chi connectivity index (χ4n) is 3.12. The lowest BCUT2D eigenvalue weighted by atomic mass is 9.97. The second kappa shape index (κ2) is 5.84. The molecule has 4 nitrogen and oxygen atoms in total. The van der Waals surface area contributed by atoms with Crippen LogP contribution >= 0.6 is 11.3 Å². The monoisotopic (exact) mass is 294 g/mol. The second-order valence-electron chi connectivity index (χ2n) is 6.00. The van der Waals surface area contributed by atoms with Crippen LogP contribution in [0.1, 0.15) is 23.8 Å². The fourth-order valence-corrected chi connectivity index (χ4v) is 4.01. The van der Waals surface area contributed by atoms with Gasteiger partial charge in [0.25, 0.3) is 0 Å². The molecule has 0 bridgehead atoms. The molecule has 3 heterocycles. The summed E-state index contributed by atoms with van der Waals surface area (Å²) in [5, 5.41) is 11.9. The number of aliphatic hydroxyl groups excluding tert-OH is 1. The molecule has 5 heteroatoms. The van der Waals surface area contributed by atoms with Gasteiger partial charge in [0.2, 0.25) is 5.91 Å². The molecule has 1 saturated heterocycles. The summed E-state index contributed by atoms with van der Waals surface area (Å²) < 4.78 is 0. The second-order valence-corrected chi connectivity index (χ2v) is 7.00. The van der Waals surface area contributed by atoms with Crippen LogP contribution in [0.4, 0.5) is 0 Å². The van der Waals surface area contributed by atoms with Crippen LogP contribution in [0.15, 0.2) is 11.4 Å². The average molecular weight is 294 g/mol. The maximum atomic E-state index is 12.4. The Kier molecular flexibility index (Phi) is 4.10. The Labute approximate surface area is 124 Å². The number of thiophene rings is 1. The number of hydrogen-bond acceptors (Lipinski definition) is 4. The van der Waals surface area contributed by atoms with Gasteiger partial charge in [0.05, 0.1) is 12.6 Å². The highest BCUT2D eigenvalue weighted by Gasteiger charge is 2.28. The standard InChI is InChI=1S/C15H22N2O2S/c1-11-8-16(5-2-13(11)18)10-15(19)17-6-3-14-12(9-17)4-7-20-14/h4,7,11,13,18H,2-3,5-6,8-10H2,1H3. The lowest BCUT2D eigenvalue weighted by molar-refractivity contribution is -0.134. The molecule has 20 heavy (non-hydrogen) atoms. The van der Waals surface area contributed by atoms with E-state index in [0.29, 0.717) is 6.54 Å². The number of nitrogens with zero attached hydrogens (tertiary/aromatic N) is 2. The van der Waals surface area contributed by atoms with Gasteiger partial charge in [-0.3, -0.25) is 9.69 Å². The number of aliphatic hydroxyl groups is 1. The first kappa shape index (κ1) is 14.0. The van der Waals surface area contributed by atoms with Gasteiger partial charge in [0, 0.05) is 31.1 Å². The predicted molar refractivity (Wildman–Crippen MR) is 79.7 cm³/mol. The van der Waals surface area contributed by atoms with Crippen LogP contribution in [-0.4, -0.2) is 53.1 Å². The Morgan fingerprint density at radius 3 is 3.15 bits per heavy atom. The summed E-state index contributed by atoms with van der Waals surface area (Å²) in [4.78, 5) is 18.0. The normalized spacial score (nSPS) is 27.4. The zero-order chi connectivity index (χ0) is 14.1. The highest BCUT2D eigenvalue weighted by molar-refractivity contribution is 7.10. The Bertz CT molecular complexity index is 488. The number of hydrogen-bond donors (Lipinski definition) is 1. The minimum atomic E-state index is -0.204. The smallest absolute Gasteiger partial charge is 0.237 e. The number of carbonyl (C=O) groups is 1. The molecule has 110 valence electrons. The molecule has 0 spiro atoms. The largest absolute Gasteiger partial charge is 0.393 e. The molecule has 1 fully saturated rings. The third-order valence-corrected chi connectivity index (χ3v) is 5.49. The molecule has 0 saturated carbocycles. The molecular weight excluding hydrogens is 272 g/mol.